The van der Waals surface area contributed by atoms with E-state index in [1.165, 1.54) is 0 Å². The van der Waals surface area contributed by atoms with Gasteiger partial charge in [0.25, 0.3) is 5.91 Å². The van der Waals surface area contributed by atoms with E-state index in [0.717, 1.165) is 12.1 Å². The van der Waals surface area contributed by atoms with Gasteiger partial charge < -0.3 is 5.32 Å². The minimum absolute atomic E-state index is 0.139. The van der Waals surface area contributed by atoms with Gasteiger partial charge in [0.2, 0.25) is 0 Å². The predicted octanol–water partition coefficient (Wildman–Crippen LogP) is 6.00. The van der Waals surface area contributed by atoms with Gasteiger partial charge in [-0.3, -0.25) is 4.79 Å². The summed E-state index contributed by atoms with van der Waals surface area (Å²) in [6.07, 6.45) is -15.0. The molecule has 0 unspecified atom stereocenters. The Morgan fingerprint density at radius 1 is 0.667 bits per heavy atom. The van der Waals surface area contributed by atoms with Crippen LogP contribution >= 0.6 is 0 Å². The third-order valence-corrected chi connectivity index (χ3v) is 3.30. The van der Waals surface area contributed by atoms with Crippen molar-refractivity contribution in [2.24, 2.45) is 0 Å². The molecule has 146 valence electrons. The Labute approximate surface area is 145 Å². The van der Waals surface area contributed by atoms with Gasteiger partial charge in [-0.05, 0) is 36.4 Å². The van der Waals surface area contributed by atoms with Gasteiger partial charge >= 0.3 is 18.5 Å². The summed E-state index contributed by atoms with van der Waals surface area (Å²) < 4.78 is 115. The molecular weight excluding hydrogens is 393 g/mol. The third-order valence-electron chi connectivity index (χ3n) is 3.30. The van der Waals surface area contributed by atoms with Crippen LogP contribution in [0.15, 0.2) is 42.5 Å². The van der Waals surface area contributed by atoms with Crippen molar-refractivity contribution in [1.29, 1.82) is 0 Å². The normalized spacial score (nSPS) is 12.8. The van der Waals surface area contributed by atoms with Gasteiger partial charge in [0, 0.05) is 11.3 Å². The summed E-state index contributed by atoms with van der Waals surface area (Å²) in [7, 11) is 0. The largest absolute Gasteiger partial charge is 0.416 e. The second kappa shape index (κ2) is 6.78. The van der Waals surface area contributed by atoms with Crippen molar-refractivity contribution in [2.75, 3.05) is 5.32 Å². The molecule has 11 heteroatoms. The van der Waals surface area contributed by atoms with Crippen LogP contribution in [0.4, 0.5) is 45.2 Å². The molecule has 0 atom stereocenters. The number of hydrogen-bond donors (Lipinski definition) is 1. The summed E-state index contributed by atoms with van der Waals surface area (Å²) in [4.78, 5) is 12.0. The van der Waals surface area contributed by atoms with Gasteiger partial charge in [-0.25, -0.2) is 0 Å². The number of rotatable bonds is 2. The first-order valence-corrected chi connectivity index (χ1v) is 6.96. The molecule has 0 aliphatic heterocycles. The van der Waals surface area contributed by atoms with E-state index in [4.69, 9.17) is 0 Å². The molecule has 0 saturated carbocycles. The Morgan fingerprint density at radius 2 is 1.15 bits per heavy atom. The molecule has 2 aromatic rings. The number of alkyl halides is 9. The molecule has 0 spiro atoms. The molecule has 1 N–H and O–H groups in total. The number of anilines is 1. The topological polar surface area (TPSA) is 29.1 Å². The molecule has 2 aromatic carbocycles. The fraction of sp³-hybridized carbons (Fsp3) is 0.188. The Balaban J connectivity index is 2.40. The summed E-state index contributed by atoms with van der Waals surface area (Å²) in [5.74, 6) is -1.30. The number of benzene rings is 2. The number of carbonyl (C=O) groups is 1. The van der Waals surface area contributed by atoms with E-state index in [1.807, 2.05) is 0 Å². The number of halogens is 9. The first-order chi connectivity index (χ1) is 12.2. The van der Waals surface area contributed by atoms with Gasteiger partial charge in [-0.2, -0.15) is 39.5 Å². The van der Waals surface area contributed by atoms with Crippen LogP contribution in [0.3, 0.4) is 0 Å². The maximum atomic E-state index is 12.8. The van der Waals surface area contributed by atoms with Gasteiger partial charge in [-0.1, -0.05) is 6.07 Å². The van der Waals surface area contributed by atoms with Crippen LogP contribution < -0.4 is 5.32 Å². The number of carbonyl (C=O) groups excluding carboxylic acids is 1. The molecule has 0 saturated heterocycles. The summed E-state index contributed by atoms with van der Waals surface area (Å²) in [5.41, 5.74) is -5.99. The fourth-order valence-electron chi connectivity index (χ4n) is 2.07. The Kier molecular flexibility index (Phi) is 5.17. The zero-order valence-corrected chi connectivity index (χ0v) is 12.9. The average molecular weight is 401 g/mol. The van der Waals surface area contributed by atoms with Crippen LogP contribution in [0.25, 0.3) is 0 Å². The van der Waals surface area contributed by atoms with E-state index in [1.54, 1.807) is 5.32 Å². The van der Waals surface area contributed by atoms with Crippen molar-refractivity contribution in [3.63, 3.8) is 0 Å². The smallest absolute Gasteiger partial charge is 0.322 e. The highest BCUT2D eigenvalue weighted by Gasteiger charge is 2.37. The average Bonchev–Trinajstić information content (AvgIpc) is 2.52. The van der Waals surface area contributed by atoms with Crippen molar-refractivity contribution in [1.82, 2.24) is 0 Å². The molecule has 0 aliphatic rings. The van der Waals surface area contributed by atoms with Crippen molar-refractivity contribution in [2.45, 2.75) is 18.5 Å². The lowest BCUT2D eigenvalue weighted by Gasteiger charge is -2.15. The number of nitrogens with one attached hydrogen (secondary N) is 1. The molecule has 0 heterocycles. The lowest BCUT2D eigenvalue weighted by atomic mass is 10.1. The Morgan fingerprint density at radius 3 is 1.59 bits per heavy atom. The Hall–Kier alpha value is -2.72. The first-order valence-electron chi connectivity index (χ1n) is 6.96. The van der Waals surface area contributed by atoms with E-state index < -0.39 is 52.4 Å². The standard InChI is InChI=1S/C16H8F9NO/c17-14(18,19)9-3-1-2-8(4-9)13(27)26-12-6-10(15(20,21)22)5-11(7-12)16(23,24)25/h1-7H,(H,26,27). The summed E-state index contributed by atoms with van der Waals surface area (Å²) in [5, 5.41) is 1.76. The van der Waals surface area contributed by atoms with E-state index in [0.29, 0.717) is 12.1 Å². The second-order valence-electron chi connectivity index (χ2n) is 5.33. The van der Waals surface area contributed by atoms with Crippen molar-refractivity contribution in [3.8, 4) is 0 Å². The highest BCUT2D eigenvalue weighted by atomic mass is 19.4. The highest BCUT2D eigenvalue weighted by Crippen LogP contribution is 2.37. The minimum Gasteiger partial charge on any atom is -0.322 e. The number of hydrogen-bond acceptors (Lipinski definition) is 1. The van der Waals surface area contributed by atoms with Crippen molar-refractivity contribution < 1.29 is 44.3 Å². The van der Waals surface area contributed by atoms with Gasteiger partial charge in [0.1, 0.15) is 0 Å². The SMILES string of the molecule is O=C(Nc1cc(C(F)(F)F)cc(C(F)(F)F)c1)c1cccc(C(F)(F)F)c1. The van der Waals surface area contributed by atoms with Gasteiger partial charge in [0.15, 0.2) is 0 Å². The molecule has 0 radical (unpaired) electrons. The molecule has 2 nitrogen and oxygen atoms in total. The molecular formula is C16H8F9NO. The van der Waals surface area contributed by atoms with Crippen LogP contribution in [-0.2, 0) is 18.5 Å². The van der Waals surface area contributed by atoms with Crippen LogP contribution in [0.1, 0.15) is 27.0 Å². The van der Waals surface area contributed by atoms with E-state index >= 15 is 0 Å². The molecule has 0 fully saturated rings. The molecule has 0 bridgehead atoms. The highest BCUT2D eigenvalue weighted by molar-refractivity contribution is 6.04. The summed E-state index contributed by atoms with van der Waals surface area (Å²) in [6.45, 7) is 0. The molecule has 0 aromatic heterocycles. The second-order valence-corrected chi connectivity index (χ2v) is 5.33. The molecule has 0 aliphatic carbocycles. The van der Waals surface area contributed by atoms with Gasteiger partial charge in [0.05, 0.1) is 16.7 Å². The molecule has 1 amide bonds. The molecule has 27 heavy (non-hydrogen) atoms. The van der Waals surface area contributed by atoms with E-state index in [9.17, 15) is 44.3 Å². The van der Waals surface area contributed by atoms with Crippen LogP contribution in [-0.4, -0.2) is 5.91 Å². The van der Waals surface area contributed by atoms with Gasteiger partial charge in [-0.15, -0.1) is 0 Å². The van der Waals surface area contributed by atoms with Crippen LogP contribution in [0, 0.1) is 0 Å². The Bertz CT molecular complexity index is 818. The predicted molar refractivity (Wildman–Crippen MR) is 75.8 cm³/mol. The fourth-order valence-corrected chi connectivity index (χ4v) is 2.07. The zero-order valence-electron chi connectivity index (χ0n) is 12.9. The minimum atomic E-state index is -5.13. The van der Waals surface area contributed by atoms with Crippen molar-refractivity contribution >= 4 is 11.6 Å². The number of amides is 1. The maximum absolute atomic E-state index is 12.8. The zero-order chi connectivity index (χ0) is 20.6. The lowest BCUT2D eigenvalue weighted by molar-refractivity contribution is -0.143. The maximum Gasteiger partial charge on any atom is 0.416 e. The van der Waals surface area contributed by atoms with Crippen LogP contribution in [0.2, 0.25) is 0 Å². The lowest BCUT2D eigenvalue weighted by Crippen LogP contribution is -2.16. The summed E-state index contributed by atoms with van der Waals surface area (Å²) in [6, 6.07) is 3.26. The third kappa shape index (κ3) is 5.14. The van der Waals surface area contributed by atoms with Crippen molar-refractivity contribution in [3.05, 3.63) is 64.7 Å². The van der Waals surface area contributed by atoms with Crippen LogP contribution in [0.5, 0.6) is 0 Å². The van der Waals surface area contributed by atoms with E-state index in [2.05, 4.69) is 0 Å². The van der Waals surface area contributed by atoms with E-state index in [-0.39, 0.29) is 18.2 Å². The molecule has 2 rings (SSSR count). The quantitative estimate of drug-likeness (QED) is 0.615. The first kappa shape index (κ1) is 20.6. The summed E-state index contributed by atoms with van der Waals surface area (Å²) >= 11 is 0. The monoisotopic (exact) mass is 401 g/mol.